The van der Waals surface area contributed by atoms with Crippen molar-refractivity contribution in [3.63, 3.8) is 0 Å². The van der Waals surface area contributed by atoms with E-state index in [1.807, 2.05) is 0 Å². The van der Waals surface area contributed by atoms with Crippen LogP contribution in [0.25, 0.3) is 0 Å². The van der Waals surface area contributed by atoms with Crippen molar-refractivity contribution in [1.82, 2.24) is 0 Å². The first-order valence-electron chi connectivity index (χ1n) is 4.05. The molecule has 2 N–H and O–H groups in total. The van der Waals surface area contributed by atoms with Gasteiger partial charge in [0.1, 0.15) is 0 Å². The summed E-state index contributed by atoms with van der Waals surface area (Å²) in [7, 11) is -2.74. The Bertz CT molecular complexity index is 181. The molecule has 0 aromatic carbocycles. The summed E-state index contributed by atoms with van der Waals surface area (Å²) in [6.07, 6.45) is -1.70. The maximum absolute atomic E-state index is 11.7. The molecule has 0 spiro atoms. The van der Waals surface area contributed by atoms with Crippen LogP contribution in [0.3, 0.4) is 0 Å². The van der Waals surface area contributed by atoms with Gasteiger partial charge in [0.2, 0.25) is 7.37 Å². The second kappa shape index (κ2) is 3.46. The highest BCUT2D eigenvalue weighted by atomic mass is 31.2. The van der Waals surface area contributed by atoms with E-state index < -0.39 is 19.6 Å². The van der Waals surface area contributed by atoms with Gasteiger partial charge in [0.15, 0.2) is 0 Å². The Kier molecular flexibility index (Phi) is 2.94. The molecule has 1 fully saturated rings. The summed E-state index contributed by atoms with van der Waals surface area (Å²) < 4.78 is 16.9. The van der Waals surface area contributed by atoms with Crippen LogP contribution in [0.15, 0.2) is 0 Å². The molecule has 4 nitrogen and oxygen atoms in total. The number of hydrogen-bond donors (Lipinski definition) is 2. The quantitative estimate of drug-likeness (QED) is 0.625. The fourth-order valence-electron chi connectivity index (χ4n) is 1.36. The average molecular weight is 194 g/mol. The topological polar surface area (TPSA) is 66.8 Å². The van der Waals surface area contributed by atoms with Gasteiger partial charge in [0, 0.05) is 0 Å². The highest BCUT2D eigenvalue weighted by Gasteiger charge is 2.41. The lowest BCUT2D eigenvalue weighted by Crippen LogP contribution is -2.22. The summed E-state index contributed by atoms with van der Waals surface area (Å²) >= 11 is 0. The third-order valence-corrected chi connectivity index (χ3v) is 4.44. The van der Waals surface area contributed by atoms with Gasteiger partial charge >= 0.3 is 0 Å². The second-order valence-corrected chi connectivity index (χ2v) is 6.04. The normalized spacial score (nSPS) is 42.4. The molecule has 72 valence electrons. The molecular formula is C7H15O4P. The fourth-order valence-corrected chi connectivity index (χ4v) is 4.07. The lowest BCUT2D eigenvalue weighted by atomic mass is 10.3. The fraction of sp³-hybridized carbons (Fsp3) is 1.00. The Morgan fingerprint density at radius 3 is 2.08 bits per heavy atom. The van der Waals surface area contributed by atoms with Gasteiger partial charge < -0.3 is 14.7 Å². The van der Waals surface area contributed by atoms with Gasteiger partial charge in [0.25, 0.3) is 0 Å². The Morgan fingerprint density at radius 1 is 1.33 bits per heavy atom. The van der Waals surface area contributed by atoms with Crippen molar-refractivity contribution in [2.75, 3.05) is 12.3 Å². The lowest BCUT2D eigenvalue weighted by Gasteiger charge is -2.14. The second-order valence-electron chi connectivity index (χ2n) is 3.47. The van der Waals surface area contributed by atoms with Gasteiger partial charge in [-0.25, -0.2) is 0 Å². The minimum absolute atomic E-state index is 0.0896. The van der Waals surface area contributed by atoms with Crippen molar-refractivity contribution in [2.24, 2.45) is 0 Å². The van der Waals surface area contributed by atoms with E-state index in [2.05, 4.69) is 0 Å². The molecule has 5 heteroatoms. The van der Waals surface area contributed by atoms with Crippen LogP contribution >= 0.6 is 7.37 Å². The largest absolute Gasteiger partial charge is 0.390 e. The van der Waals surface area contributed by atoms with Crippen LogP contribution in [-0.4, -0.2) is 40.8 Å². The van der Waals surface area contributed by atoms with Crippen LogP contribution in [-0.2, 0) is 9.09 Å². The Hall–Kier alpha value is 0.110. The van der Waals surface area contributed by atoms with Crippen LogP contribution in [0, 0.1) is 0 Å². The molecule has 0 aromatic heterocycles. The van der Waals surface area contributed by atoms with Crippen molar-refractivity contribution >= 4 is 7.37 Å². The molecule has 1 rings (SSSR count). The zero-order chi connectivity index (χ0) is 9.35. The van der Waals surface area contributed by atoms with Crippen LogP contribution in [0.1, 0.15) is 13.8 Å². The first-order chi connectivity index (χ1) is 5.43. The SMILES string of the molecule is CC(C)OP1(=O)C[C@@H](O)[C@@H](O)C1. The highest BCUT2D eigenvalue weighted by Crippen LogP contribution is 2.53. The summed E-state index contributed by atoms with van der Waals surface area (Å²) in [6, 6.07) is 0. The molecule has 0 bridgehead atoms. The predicted octanol–water partition coefficient (Wildman–Crippen LogP) is 0.425. The first kappa shape index (κ1) is 10.2. The maximum atomic E-state index is 11.7. The molecule has 0 radical (unpaired) electrons. The molecule has 12 heavy (non-hydrogen) atoms. The van der Waals surface area contributed by atoms with Crippen molar-refractivity contribution in [3.05, 3.63) is 0 Å². The number of aliphatic hydroxyl groups excluding tert-OH is 2. The minimum atomic E-state index is -2.74. The molecule has 1 heterocycles. The molecule has 1 aliphatic rings. The van der Waals surface area contributed by atoms with E-state index in [1.165, 1.54) is 0 Å². The predicted molar refractivity (Wildman–Crippen MR) is 45.6 cm³/mol. The maximum Gasteiger partial charge on any atom is 0.208 e. The van der Waals surface area contributed by atoms with E-state index in [9.17, 15) is 4.57 Å². The van der Waals surface area contributed by atoms with Crippen molar-refractivity contribution in [3.8, 4) is 0 Å². The highest BCUT2D eigenvalue weighted by molar-refractivity contribution is 7.59. The molecular weight excluding hydrogens is 179 g/mol. The molecule has 1 aliphatic heterocycles. The Morgan fingerprint density at radius 2 is 1.75 bits per heavy atom. The van der Waals surface area contributed by atoms with Crippen LogP contribution in [0.5, 0.6) is 0 Å². The molecule has 0 saturated carbocycles. The summed E-state index contributed by atoms with van der Waals surface area (Å²) in [5.74, 6) is 0. The van der Waals surface area contributed by atoms with E-state index in [0.717, 1.165) is 0 Å². The third kappa shape index (κ3) is 2.30. The van der Waals surface area contributed by atoms with Crippen LogP contribution in [0.2, 0.25) is 0 Å². The van der Waals surface area contributed by atoms with E-state index in [4.69, 9.17) is 14.7 Å². The zero-order valence-corrected chi connectivity index (χ0v) is 8.20. The lowest BCUT2D eigenvalue weighted by molar-refractivity contribution is 0.0572. The van der Waals surface area contributed by atoms with Gasteiger partial charge in [-0.15, -0.1) is 0 Å². The van der Waals surface area contributed by atoms with Crippen LogP contribution < -0.4 is 0 Å². The Balaban J connectivity index is 2.58. The first-order valence-corrected chi connectivity index (χ1v) is 6.05. The number of rotatable bonds is 2. The summed E-state index contributed by atoms with van der Waals surface area (Å²) in [4.78, 5) is 0. The van der Waals surface area contributed by atoms with Crippen molar-refractivity contribution in [1.29, 1.82) is 0 Å². The minimum Gasteiger partial charge on any atom is -0.390 e. The molecule has 0 aromatic rings. The molecule has 1 saturated heterocycles. The van der Waals surface area contributed by atoms with E-state index in [0.29, 0.717) is 0 Å². The summed E-state index contributed by atoms with van der Waals surface area (Å²) in [5, 5.41) is 18.3. The summed E-state index contributed by atoms with van der Waals surface area (Å²) in [5.41, 5.74) is 0. The van der Waals surface area contributed by atoms with Crippen LogP contribution in [0.4, 0.5) is 0 Å². The average Bonchev–Trinajstić information content (AvgIpc) is 2.04. The Labute approximate surface area is 72.0 Å². The zero-order valence-electron chi connectivity index (χ0n) is 7.30. The summed E-state index contributed by atoms with van der Waals surface area (Å²) in [6.45, 7) is 3.58. The monoisotopic (exact) mass is 194 g/mol. The van der Waals surface area contributed by atoms with Gasteiger partial charge in [0.05, 0.1) is 30.6 Å². The third-order valence-electron chi connectivity index (χ3n) is 1.78. The van der Waals surface area contributed by atoms with Gasteiger partial charge in [-0.1, -0.05) is 0 Å². The van der Waals surface area contributed by atoms with E-state index in [-0.39, 0.29) is 18.4 Å². The van der Waals surface area contributed by atoms with E-state index in [1.54, 1.807) is 13.8 Å². The van der Waals surface area contributed by atoms with E-state index >= 15 is 0 Å². The smallest absolute Gasteiger partial charge is 0.208 e. The molecule has 1 unspecified atom stereocenters. The molecule has 0 aliphatic carbocycles. The van der Waals surface area contributed by atoms with Gasteiger partial charge in [-0.2, -0.15) is 0 Å². The molecule has 3 atom stereocenters. The standard InChI is InChI=1S/C7H15O4P/c1-5(2)11-12(10)3-6(8)7(9)4-12/h5-9H,3-4H2,1-2H3/t6-,7+,12?. The number of aliphatic hydroxyl groups is 2. The molecule has 0 amide bonds. The van der Waals surface area contributed by atoms with Crippen molar-refractivity contribution in [2.45, 2.75) is 32.2 Å². The number of hydrogen-bond acceptors (Lipinski definition) is 4. The van der Waals surface area contributed by atoms with Gasteiger partial charge in [-0.05, 0) is 13.8 Å². The van der Waals surface area contributed by atoms with Gasteiger partial charge in [-0.3, -0.25) is 4.57 Å². The van der Waals surface area contributed by atoms with Crippen molar-refractivity contribution < 1.29 is 19.3 Å².